The van der Waals surface area contributed by atoms with E-state index in [1.807, 2.05) is 36.4 Å². The van der Waals surface area contributed by atoms with Crippen molar-refractivity contribution in [2.75, 3.05) is 12.3 Å². The van der Waals surface area contributed by atoms with Gasteiger partial charge in [0.1, 0.15) is 0 Å². The van der Waals surface area contributed by atoms with Gasteiger partial charge in [0.15, 0.2) is 6.10 Å². The summed E-state index contributed by atoms with van der Waals surface area (Å²) in [6, 6.07) is 24.7. The third kappa shape index (κ3) is 4.06. The Hall–Kier alpha value is -2.27. The maximum absolute atomic E-state index is 6.96. The van der Waals surface area contributed by atoms with Crippen LogP contribution in [0.25, 0.3) is 11.1 Å². The van der Waals surface area contributed by atoms with Crippen LogP contribution in [-0.2, 0) is 4.84 Å². The number of oxime groups is 1. The minimum atomic E-state index is -0.203. The number of hydrogen-bond acceptors (Lipinski definition) is 4. The van der Waals surface area contributed by atoms with E-state index >= 15 is 0 Å². The van der Waals surface area contributed by atoms with Gasteiger partial charge < -0.3 is 10.6 Å². The Morgan fingerprint density at radius 3 is 2.31 bits per heavy atom. The summed E-state index contributed by atoms with van der Waals surface area (Å²) in [7, 11) is 0. The minimum absolute atomic E-state index is 0.0517. The monoisotopic (exact) mass is 422 g/mol. The molecule has 4 rings (SSSR count). The van der Waals surface area contributed by atoms with Crippen molar-refractivity contribution in [2.45, 2.75) is 23.8 Å². The molecule has 0 bridgehead atoms. The van der Waals surface area contributed by atoms with E-state index in [9.17, 15) is 0 Å². The summed E-state index contributed by atoms with van der Waals surface area (Å²) < 4.78 is 0. The average Bonchev–Trinajstić information content (AvgIpc) is 3.20. The van der Waals surface area contributed by atoms with Crippen molar-refractivity contribution in [3.8, 4) is 11.1 Å². The van der Waals surface area contributed by atoms with Crippen LogP contribution in [0, 0.1) is 0 Å². The minimum Gasteiger partial charge on any atom is -0.390 e. The molecule has 3 aromatic rings. The predicted molar refractivity (Wildman–Crippen MR) is 123 cm³/mol. The van der Waals surface area contributed by atoms with Gasteiger partial charge in [0.25, 0.3) is 0 Å². The Bertz CT molecular complexity index is 1010. The molecule has 2 N–H and O–H groups in total. The first-order chi connectivity index (χ1) is 14.2. The van der Waals surface area contributed by atoms with E-state index in [0.717, 1.165) is 38.6 Å². The fraction of sp³-hybridized carbons (Fsp3) is 0.208. The topological polar surface area (TPSA) is 47.6 Å². The highest BCUT2D eigenvalue weighted by Crippen LogP contribution is 2.40. The molecule has 5 heteroatoms. The molecule has 29 heavy (non-hydrogen) atoms. The number of rotatable bonds is 6. The normalized spacial score (nSPS) is 18.4. The fourth-order valence-corrected chi connectivity index (χ4v) is 4.76. The molecule has 0 radical (unpaired) electrons. The number of halogens is 1. The van der Waals surface area contributed by atoms with Crippen LogP contribution in [0.1, 0.15) is 24.0 Å². The van der Waals surface area contributed by atoms with Gasteiger partial charge in [0.05, 0.1) is 16.7 Å². The van der Waals surface area contributed by atoms with E-state index < -0.39 is 0 Å². The predicted octanol–water partition coefficient (Wildman–Crippen LogP) is 5.96. The molecule has 2 atom stereocenters. The summed E-state index contributed by atoms with van der Waals surface area (Å²) in [5.74, 6) is 0.926. The van der Waals surface area contributed by atoms with Crippen LogP contribution >= 0.6 is 23.4 Å². The van der Waals surface area contributed by atoms with Gasteiger partial charge in [0.2, 0.25) is 0 Å². The first kappa shape index (κ1) is 20.0. The number of nitrogens with two attached hydrogens (primary N) is 1. The number of thioether (sulfide) groups is 1. The largest absolute Gasteiger partial charge is 0.390 e. The molecule has 1 heterocycles. The van der Waals surface area contributed by atoms with Crippen LogP contribution < -0.4 is 5.73 Å². The second kappa shape index (κ2) is 9.04. The Morgan fingerprint density at radius 1 is 1.00 bits per heavy atom. The lowest BCUT2D eigenvalue weighted by molar-refractivity contribution is 0.0828. The van der Waals surface area contributed by atoms with Crippen molar-refractivity contribution in [3.63, 3.8) is 0 Å². The molecule has 3 nitrogen and oxygen atoms in total. The summed E-state index contributed by atoms with van der Waals surface area (Å²) >= 11 is 8.75. The van der Waals surface area contributed by atoms with E-state index in [-0.39, 0.29) is 12.0 Å². The summed E-state index contributed by atoms with van der Waals surface area (Å²) in [4.78, 5) is 6.90. The highest BCUT2D eigenvalue weighted by atomic mass is 35.5. The van der Waals surface area contributed by atoms with E-state index in [2.05, 4.69) is 48.5 Å². The third-order valence-electron chi connectivity index (χ3n) is 5.06. The molecular weight excluding hydrogens is 400 g/mol. The van der Waals surface area contributed by atoms with Crippen LogP contribution in [-0.4, -0.2) is 24.1 Å². The second-order valence-corrected chi connectivity index (χ2v) is 8.59. The fourth-order valence-electron chi connectivity index (χ4n) is 3.71. The highest BCUT2D eigenvalue weighted by molar-refractivity contribution is 7.99. The molecule has 0 saturated carbocycles. The first-order valence-corrected chi connectivity index (χ1v) is 11.1. The Balaban J connectivity index is 1.86. The molecule has 3 aromatic carbocycles. The van der Waals surface area contributed by atoms with Gasteiger partial charge in [-0.15, -0.1) is 11.8 Å². The molecule has 0 fully saturated rings. The van der Waals surface area contributed by atoms with Crippen LogP contribution in [0.5, 0.6) is 0 Å². The van der Waals surface area contributed by atoms with Gasteiger partial charge in [-0.05, 0) is 29.0 Å². The molecule has 0 spiro atoms. The molecule has 0 amide bonds. The van der Waals surface area contributed by atoms with Crippen LogP contribution in [0.2, 0.25) is 5.02 Å². The van der Waals surface area contributed by atoms with Crippen LogP contribution in [0.3, 0.4) is 0 Å². The zero-order chi connectivity index (χ0) is 20.2. The molecule has 1 aliphatic heterocycles. The van der Waals surface area contributed by atoms with E-state index in [0.29, 0.717) is 11.6 Å². The van der Waals surface area contributed by atoms with Crippen molar-refractivity contribution >= 4 is 29.1 Å². The molecule has 0 saturated heterocycles. The van der Waals surface area contributed by atoms with Crippen molar-refractivity contribution in [3.05, 3.63) is 88.9 Å². The standard InChI is InChI=1S/C24H23ClN2OS/c1-2-29-18-13-19(16-9-5-3-6-10-16)23(25)20(14-18)24-22(21(15-26)28-27-24)17-11-7-4-8-12-17/h3-14,21-22H,2,15,26H2,1H3. The summed E-state index contributed by atoms with van der Waals surface area (Å²) in [5.41, 5.74) is 11.0. The molecule has 148 valence electrons. The highest BCUT2D eigenvalue weighted by Gasteiger charge is 2.36. The van der Waals surface area contributed by atoms with Gasteiger partial charge in [0, 0.05) is 22.6 Å². The SMILES string of the molecule is CCSc1cc(C2=NOC(CN)C2c2ccccc2)c(Cl)c(-c2ccccc2)c1. The molecule has 2 unspecified atom stereocenters. The molecule has 0 aromatic heterocycles. The van der Waals surface area contributed by atoms with Crippen molar-refractivity contribution in [2.24, 2.45) is 10.9 Å². The van der Waals surface area contributed by atoms with Gasteiger partial charge >= 0.3 is 0 Å². The zero-order valence-corrected chi connectivity index (χ0v) is 17.8. The lowest BCUT2D eigenvalue weighted by Gasteiger charge is -2.20. The quantitative estimate of drug-likeness (QED) is 0.498. The zero-order valence-electron chi connectivity index (χ0n) is 16.2. The summed E-state index contributed by atoms with van der Waals surface area (Å²) in [5, 5.41) is 5.15. The number of benzene rings is 3. The third-order valence-corrected chi connectivity index (χ3v) is 6.33. The van der Waals surface area contributed by atoms with Gasteiger partial charge in [-0.2, -0.15) is 0 Å². The number of hydrogen-bond donors (Lipinski definition) is 1. The Morgan fingerprint density at radius 2 is 1.66 bits per heavy atom. The summed E-state index contributed by atoms with van der Waals surface area (Å²) in [6.45, 7) is 2.54. The Labute approximate surface area is 180 Å². The van der Waals surface area contributed by atoms with E-state index in [1.54, 1.807) is 11.8 Å². The molecule has 0 aliphatic carbocycles. The Kier molecular flexibility index (Phi) is 6.24. The van der Waals surface area contributed by atoms with Crippen LogP contribution in [0.15, 0.2) is 82.8 Å². The first-order valence-electron chi connectivity index (χ1n) is 9.73. The second-order valence-electron chi connectivity index (χ2n) is 6.88. The van der Waals surface area contributed by atoms with Crippen molar-refractivity contribution < 1.29 is 4.84 Å². The van der Waals surface area contributed by atoms with Crippen molar-refractivity contribution in [1.29, 1.82) is 0 Å². The molecule has 1 aliphatic rings. The maximum atomic E-state index is 6.96. The van der Waals surface area contributed by atoms with Crippen molar-refractivity contribution in [1.82, 2.24) is 0 Å². The van der Waals surface area contributed by atoms with Gasteiger partial charge in [-0.1, -0.05) is 84.3 Å². The van der Waals surface area contributed by atoms with Gasteiger partial charge in [-0.3, -0.25) is 0 Å². The smallest absolute Gasteiger partial charge is 0.152 e. The lowest BCUT2D eigenvalue weighted by Crippen LogP contribution is -2.29. The van der Waals surface area contributed by atoms with Crippen LogP contribution in [0.4, 0.5) is 0 Å². The number of nitrogens with zero attached hydrogens (tertiary/aromatic N) is 1. The summed E-state index contributed by atoms with van der Waals surface area (Å²) in [6.07, 6.45) is -0.203. The maximum Gasteiger partial charge on any atom is 0.152 e. The van der Waals surface area contributed by atoms with E-state index in [4.69, 9.17) is 22.2 Å². The average molecular weight is 423 g/mol. The van der Waals surface area contributed by atoms with Gasteiger partial charge in [-0.25, -0.2) is 0 Å². The lowest BCUT2D eigenvalue weighted by atomic mass is 9.85. The van der Waals surface area contributed by atoms with E-state index in [1.165, 1.54) is 0 Å². The molecular formula is C24H23ClN2OS.